The minimum Gasteiger partial charge on any atom is -0.207 e. The number of rotatable bonds is 3. The number of benzene rings is 1. The second kappa shape index (κ2) is 4.35. The second-order valence-electron chi connectivity index (χ2n) is 2.77. The predicted octanol–water partition coefficient (Wildman–Crippen LogP) is 2.43. The summed E-state index contributed by atoms with van der Waals surface area (Å²) in [4.78, 5) is 0. The smallest absolute Gasteiger partial charge is 0.207 e. The van der Waals surface area contributed by atoms with Crippen LogP contribution in [0.25, 0.3) is 0 Å². The van der Waals surface area contributed by atoms with E-state index in [2.05, 4.69) is 15.9 Å². The van der Waals surface area contributed by atoms with Crippen molar-refractivity contribution in [1.29, 1.82) is 0 Å². The van der Waals surface area contributed by atoms with Crippen molar-refractivity contribution >= 4 is 26.2 Å². The lowest BCUT2D eigenvalue weighted by atomic mass is 10.2. The van der Waals surface area contributed by atoms with Gasteiger partial charge in [-0.1, -0.05) is 15.9 Å². The molecule has 0 amide bonds. The standard InChI is InChI=1S/C8H7BrF2O2S/c9-7-3-6(4-8(10)5-7)1-2-14(11,12)13/h3-5H,1-2H2. The van der Waals surface area contributed by atoms with Crippen LogP contribution in [0.3, 0.4) is 0 Å². The first-order valence-corrected chi connectivity index (χ1v) is 6.09. The Kier molecular flexibility index (Phi) is 3.60. The van der Waals surface area contributed by atoms with E-state index in [4.69, 9.17) is 0 Å². The maximum absolute atomic E-state index is 12.8. The van der Waals surface area contributed by atoms with E-state index in [1.165, 1.54) is 12.1 Å². The van der Waals surface area contributed by atoms with Gasteiger partial charge in [-0.25, -0.2) is 4.39 Å². The lowest BCUT2D eigenvalue weighted by Crippen LogP contribution is -2.02. The molecule has 0 spiro atoms. The van der Waals surface area contributed by atoms with Gasteiger partial charge in [0.25, 0.3) is 0 Å². The molecule has 1 rings (SSSR count). The maximum atomic E-state index is 12.8. The molecular weight excluding hydrogens is 278 g/mol. The van der Waals surface area contributed by atoms with Gasteiger partial charge in [-0.3, -0.25) is 0 Å². The predicted molar refractivity (Wildman–Crippen MR) is 52.7 cm³/mol. The lowest BCUT2D eigenvalue weighted by Gasteiger charge is -2.00. The highest BCUT2D eigenvalue weighted by atomic mass is 79.9. The first-order chi connectivity index (χ1) is 6.37. The van der Waals surface area contributed by atoms with Crippen molar-refractivity contribution < 1.29 is 16.7 Å². The molecule has 0 aliphatic carbocycles. The highest BCUT2D eigenvalue weighted by Gasteiger charge is 2.08. The summed E-state index contributed by atoms with van der Waals surface area (Å²) in [5.74, 6) is -1.10. The number of halogens is 3. The summed E-state index contributed by atoms with van der Waals surface area (Å²) in [6.45, 7) is 0. The van der Waals surface area contributed by atoms with Crippen molar-refractivity contribution in [2.45, 2.75) is 6.42 Å². The van der Waals surface area contributed by atoms with Gasteiger partial charge in [-0.15, -0.1) is 3.89 Å². The Labute approximate surface area is 89.3 Å². The van der Waals surface area contributed by atoms with Crippen LogP contribution in [-0.2, 0) is 16.6 Å². The minimum atomic E-state index is -4.49. The van der Waals surface area contributed by atoms with Gasteiger partial charge in [0.05, 0.1) is 5.75 Å². The van der Waals surface area contributed by atoms with Gasteiger partial charge in [-0.2, -0.15) is 8.42 Å². The normalized spacial score (nSPS) is 11.6. The molecule has 6 heteroatoms. The lowest BCUT2D eigenvalue weighted by molar-refractivity contribution is 0.551. The first-order valence-electron chi connectivity index (χ1n) is 3.74. The fourth-order valence-electron chi connectivity index (χ4n) is 0.995. The van der Waals surface area contributed by atoms with Crippen molar-refractivity contribution in [2.24, 2.45) is 0 Å². The molecule has 0 aliphatic rings. The third-order valence-electron chi connectivity index (χ3n) is 1.56. The highest BCUT2D eigenvalue weighted by Crippen LogP contribution is 2.15. The summed E-state index contributed by atoms with van der Waals surface area (Å²) in [6.07, 6.45) is -0.0325. The van der Waals surface area contributed by atoms with E-state index in [9.17, 15) is 16.7 Å². The monoisotopic (exact) mass is 284 g/mol. The van der Waals surface area contributed by atoms with Crippen LogP contribution >= 0.6 is 15.9 Å². The molecule has 14 heavy (non-hydrogen) atoms. The van der Waals surface area contributed by atoms with Crippen LogP contribution in [0.2, 0.25) is 0 Å². The van der Waals surface area contributed by atoms with E-state index in [1.807, 2.05) is 0 Å². The molecule has 2 nitrogen and oxygen atoms in total. The molecule has 0 unspecified atom stereocenters. The van der Waals surface area contributed by atoms with Crippen molar-refractivity contribution in [3.05, 3.63) is 34.1 Å². The molecule has 0 atom stereocenters. The number of aryl methyl sites for hydroxylation is 1. The first kappa shape index (κ1) is 11.6. The van der Waals surface area contributed by atoms with Crippen LogP contribution in [0.4, 0.5) is 8.28 Å². The second-order valence-corrected chi connectivity index (χ2v) is 5.17. The summed E-state index contributed by atoms with van der Waals surface area (Å²) in [5, 5.41) is 0. The summed E-state index contributed by atoms with van der Waals surface area (Å²) >= 11 is 3.05. The van der Waals surface area contributed by atoms with E-state index in [0.717, 1.165) is 0 Å². The average Bonchev–Trinajstić information content (AvgIpc) is 1.97. The third kappa shape index (κ3) is 4.15. The molecular formula is C8H7BrF2O2S. The van der Waals surface area contributed by atoms with E-state index in [1.54, 1.807) is 6.07 Å². The Morgan fingerprint density at radius 2 is 1.93 bits per heavy atom. The molecule has 0 aliphatic heterocycles. The van der Waals surface area contributed by atoms with Crippen molar-refractivity contribution in [2.75, 3.05) is 5.75 Å². The summed E-state index contributed by atoms with van der Waals surface area (Å²) < 4.78 is 45.8. The van der Waals surface area contributed by atoms with Crippen LogP contribution in [0.15, 0.2) is 22.7 Å². The van der Waals surface area contributed by atoms with Gasteiger partial charge in [0.15, 0.2) is 0 Å². The Morgan fingerprint density at radius 1 is 1.29 bits per heavy atom. The van der Waals surface area contributed by atoms with E-state index in [-0.39, 0.29) is 6.42 Å². The van der Waals surface area contributed by atoms with Gasteiger partial charge in [-0.05, 0) is 30.2 Å². The van der Waals surface area contributed by atoms with E-state index in [0.29, 0.717) is 10.0 Å². The molecule has 0 N–H and O–H groups in total. The fraction of sp³-hybridized carbons (Fsp3) is 0.250. The molecule has 78 valence electrons. The number of hydrogen-bond acceptors (Lipinski definition) is 2. The van der Waals surface area contributed by atoms with Gasteiger partial charge < -0.3 is 0 Å². The summed E-state index contributed by atoms with van der Waals surface area (Å²) in [5.41, 5.74) is 0.443. The van der Waals surface area contributed by atoms with Crippen LogP contribution in [-0.4, -0.2) is 14.2 Å². The van der Waals surface area contributed by atoms with E-state index < -0.39 is 21.8 Å². The molecule has 1 aromatic carbocycles. The van der Waals surface area contributed by atoms with Crippen LogP contribution in [0.1, 0.15) is 5.56 Å². The zero-order valence-electron chi connectivity index (χ0n) is 7.00. The zero-order valence-corrected chi connectivity index (χ0v) is 9.41. The maximum Gasteiger partial charge on any atom is 0.302 e. The zero-order chi connectivity index (χ0) is 10.8. The van der Waals surface area contributed by atoms with E-state index >= 15 is 0 Å². The molecule has 0 saturated heterocycles. The molecule has 1 aromatic rings. The molecule has 0 radical (unpaired) electrons. The van der Waals surface area contributed by atoms with Gasteiger partial charge >= 0.3 is 10.2 Å². The van der Waals surface area contributed by atoms with Crippen LogP contribution < -0.4 is 0 Å². The van der Waals surface area contributed by atoms with Gasteiger partial charge in [0.2, 0.25) is 0 Å². The Balaban J connectivity index is 2.78. The molecule has 0 saturated carbocycles. The van der Waals surface area contributed by atoms with Gasteiger partial charge in [0, 0.05) is 4.47 Å². The highest BCUT2D eigenvalue weighted by molar-refractivity contribution is 9.10. The Morgan fingerprint density at radius 3 is 2.43 bits per heavy atom. The minimum absolute atomic E-state index is 0.0325. The molecule has 0 heterocycles. The van der Waals surface area contributed by atoms with Gasteiger partial charge in [0.1, 0.15) is 5.82 Å². The topological polar surface area (TPSA) is 34.1 Å². The van der Waals surface area contributed by atoms with Crippen LogP contribution in [0.5, 0.6) is 0 Å². The Hall–Kier alpha value is -0.490. The average molecular weight is 285 g/mol. The van der Waals surface area contributed by atoms with Crippen LogP contribution in [0, 0.1) is 5.82 Å². The Bertz CT molecular complexity index is 411. The molecule has 0 fully saturated rings. The summed E-state index contributed by atoms with van der Waals surface area (Å²) in [6, 6.07) is 3.97. The summed E-state index contributed by atoms with van der Waals surface area (Å²) in [7, 11) is -4.49. The molecule has 0 aromatic heterocycles. The van der Waals surface area contributed by atoms with Crippen molar-refractivity contribution in [1.82, 2.24) is 0 Å². The largest absolute Gasteiger partial charge is 0.302 e. The third-order valence-corrected chi connectivity index (χ3v) is 2.71. The SMILES string of the molecule is O=S(=O)(F)CCc1cc(F)cc(Br)c1. The quantitative estimate of drug-likeness (QED) is 0.799. The van der Waals surface area contributed by atoms with Crippen molar-refractivity contribution in [3.8, 4) is 0 Å². The number of hydrogen-bond donors (Lipinski definition) is 0. The van der Waals surface area contributed by atoms with Crippen molar-refractivity contribution in [3.63, 3.8) is 0 Å². The molecule has 0 bridgehead atoms. The fourth-order valence-corrected chi connectivity index (χ4v) is 1.99.